The summed E-state index contributed by atoms with van der Waals surface area (Å²) in [6.45, 7) is 8.36. The Morgan fingerprint density at radius 1 is 0.885 bits per heavy atom. The van der Waals surface area contributed by atoms with Gasteiger partial charge >= 0.3 is 0 Å². The smallest absolute Gasteiger partial charge is 0.140 e. The van der Waals surface area contributed by atoms with Gasteiger partial charge in [0.05, 0.1) is 11.7 Å². The largest absolute Gasteiger partial charge is 0.359 e. The predicted molar refractivity (Wildman–Crippen MR) is 109 cm³/mol. The molecule has 146 valence electrons. The second-order valence-electron chi connectivity index (χ2n) is 8.61. The van der Waals surface area contributed by atoms with Crippen molar-refractivity contribution in [3.8, 4) is 0 Å². The van der Waals surface area contributed by atoms with Gasteiger partial charge in [0.1, 0.15) is 6.73 Å². The predicted octanol–water partition coefficient (Wildman–Crippen LogP) is 6.35. The van der Waals surface area contributed by atoms with E-state index in [0.29, 0.717) is 12.1 Å². The van der Waals surface area contributed by atoms with Crippen LogP contribution in [0.5, 0.6) is 0 Å². The molecule has 0 N–H and O–H groups in total. The third-order valence-corrected chi connectivity index (χ3v) is 4.87. The molecule has 0 bridgehead atoms. The van der Waals surface area contributed by atoms with E-state index < -0.39 is 0 Å². The van der Waals surface area contributed by atoms with Crippen LogP contribution < -0.4 is 0 Å². The van der Waals surface area contributed by atoms with Crippen molar-refractivity contribution in [2.45, 2.75) is 91.7 Å². The molecule has 0 spiro atoms. The second-order valence-corrected chi connectivity index (χ2v) is 8.61. The van der Waals surface area contributed by atoms with Crippen LogP contribution in [-0.4, -0.2) is 21.4 Å². The molecule has 2 aromatic heterocycles. The molecule has 2 rings (SSSR count). The molecule has 0 aliphatic heterocycles. The van der Waals surface area contributed by atoms with Gasteiger partial charge < -0.3 is 4.74 Å². The van der Waals surface area contributed by atoms with Crippen molar-refractivity contribution in [1.29, 1.82) is 0 Å². The maximum absolute atomic E-state index is 5.77. The van der Waals surface area contributed by atoms with E-state index >= 15 is 0 Å². The number of fused-ring (bicyclic) bond motifs is 1. The first-order chi connectivity index (χ1) is 12.6. The lowest BCUT2D eigenvalue weighted by molar-refractivity contribution is 0.0687. The summed E-state index contributed by atoms with van der Waals surface area (Å²) in [7, 11) is 0. The van der Waals surface area contributed by atoms with Gasteiger partial charge in [-0.15, -0.1) is 0 Å². The molecular weight excluding hydrogens is 322 g/mol. The van der Waals surface area contributed by atoms with Gasteiger partial charge in [0.15, 0.2) is 0 Å². The molecule has 4 nitrogen and oxygen atoms in total. The van der Waals surface area contributed by atoms with Crippen molar-refractivity contribution >= 4 is 10.9 Å². The summed E-state index contributed by atoms with van der Waals surface area (Å²) in [5.74, 6) is 0. The van der Waals surface area contributed by atoms with Crippen LogP contribution in [0.25, 0.3) is 10.9 Å². The lowest BCUT2D eigenvalue weighted by Crippen LogP contribution is -2.05. The standard InChI is InChI=1S/C22H37N3O/c1-22(2,3)14-11-9-7-5-4-6-8-10-12-16-26-19-25-21-13-15-23-17-20(21)18-24-25/h13,15,17-18H,4-12,14,16,19H2,1-3H3. The normalized spacial score (nSPS) is 12.1. The molecule has 0 amide bonds. The van der Waals surface area contributed by atoms with E-state index in [1.165, 1.54) is 57.8 Å². The van der Waals surface area contributed by atoms with Crippen molar-refractivity contribution in [3.05, 3.63) is 24.7 Å². The van der Waals surface area contributed by atoms with Crippen molar-refractivity contribution < 1.29 is 4.74 Å². The molecule has 0 aliphatic carbocycles. The molecule has 0 saturated heterocycles. The SMILES string of the molecule is CC(C)(C)CCCCCCCCCCCOCn1ncc2cnccc21. The Labute approximate surface area is 159 Å². The Bertz CT molecular complexity index is 615. The number of aromatic nitrogens is 3. The third kappa shape index (κ3) is 8.31. The summed E-state index contributed by atoms with van der Waals surface area (Å²) in [6.07, 6.45) is 19.0. The number of unbranched alkanes of at least 4 members (excludes halogenated alkanes) is 8. The van der Waals surface area contributed by atoms with E-state index in [-0.39, 0.29) is 0 Å². The van der Waals surface area contributed by atoms with E-state index in [0.717, 1.165) is 23.9 Å². The fourth-order valence-electron chi connectivity index (χ4n) is 3.28. The van der Waals surface area contributed by atoms with Gasteiger partial charge in [-0.05, 0) is 24.3 Å². The maximum atomic E-state index is 5.77. The first kappa shape index (κ1) is 20.9. The number of hydrogen-bond acceptors (Lipinski definition) is 3. The van der Waals surface area contributed by atoms with Crippen LogP contribution in [0.1, 0.15) is 85.0 Å². The van der Waals surface area contributed by atoms with Crippen LogP contribution in [0.15, 0.2) is 24.7 Å². The number of pyridine rings is 1. The Morgan fingerprint density at radius 2 is 1.54 bits per heavy atom. The Balaban J connectivity index is 1.38. The minimum atomic E-state index is 0.504. The summed E-state index contributed by atoms with van der Waals surface area (Å²) in [6, 6.07) is 1.98. The molecule has 26 heavy (non-hydrogen) atoms. The monoisotopic (exact) mass is 359 g/mol. The average molecular weight is 360 g/mol. The van der Waals surface area contributed by atoms with Crippen LogP contribution in [0.2, 0.25) is 0 Å². The van der Waals surface area contributed by atoms with Gasteiger partial charge in [0.25, 0.3) is 0 Å². The number of nitrogens with zero attached hydrogens (tertiary/aromatic N) is 3. The summed E-state index contributed by atoms with van der Waals surface area (Å²) in [4.78, 5) is 4.11. The topological polar surface area (TPSA) is 39.9 Å². The molecule has 0 aromatic carbocycles. The second kappa shape index (κ2) is 11.3. The molecule has 0 unspecified atom stereocenters. The van der Waals surface area contributed by atoms with Gasteiger partial charge in [-0.1, -0.05) is 72.1 Å². The van der Waals surface area contributed by atoms with Crippen molar-refractivity contribution in [1.82, 2.24) is 14.8 Å². The zero-order chi connectivity index (χ0) is 18.7. The molecule has 0 aliphatic rings. The molecule has 0 atom stereocenters. The zero-order valence-corrected chi connectivity index (χ0v) is 17.0. The van der Waals surface area contributed by atoms with Crippen LogP contribution in [0, 0.1) is 5.41 Å². The number of rotatable bonds is 13. The highest BCUT2D eigenvalue weighted by Crippen LogP contribution is 2.22. The minimum absolute atomic E-state index is 0.504. The molecule has 4 heteroatoms. The quantitative estimate of drug-likeness (QED) is 0.391. The minimum Gasteiger partial charge on any atom is -0.359 e. The number of ether oxygens (including phenoxy) is 1. The highest BCUT2D eigenvalue weighted by molar-refractivity contribution is 5.76. The summed E-state index contributed by atoms with van der Waals surface area (Å²) < 4.78 is 7.67. The fourth-order valence-corrected chi connectivity index (χ4v) is 3.28. The van der Waals surface area contributed by atoms with Gasteiger partial charge in [-0.2, -0.15) is 5.10 Å². The van der Waals surface area contributed by atoms with Crippen molar-refractivity contribution in [3.63, 3.8) is 0 Å². The Hall–Kier alpha value is -1.42. The van der Waals surface area contributed by atoms with Gasteiger partial charge in [0.2, 0.25) is 0 Å². The van der Waals surface area contributed by atoms with Crippen LogP contribution in [0.4, 0.5) is 0 Å². The van der Waals surface area contributed by atoms with Crippen LogP contribution in [0.3, 0.4) is 0 Å². The Morgan fingerprint density at radius 3 is 2.23 bits per heavy atom. The maximum Gasteiger partial charge on any atom is 0.140 e. The van der Waals surface area contributed by atoms with Gasteiger partial charge in [-0.25, -0.2) is 4.68 Å². The molecule has 0 saturated carbocycles. The van der Waals surface area contributed by atoms with Gasteiger partial charge in [0, 0.05) is 24.4 Å². The number of hydrogen-bond donors (Lipinski definition) is 0. The first-order valence-corrected chi connectivity index (χ1v) is 10.4. The fraction of sp³-hybridized carbons (Fsp3) is 0.727. The highest BCUT2D eigenvalue weighted by atomic mass is 16.5. The molecule has 0 radical (unpaired) electrons. The van der Waals surface area contributed by atoms with Crippen LogP contribution >= 0.6 is 0 Å². The summed E-state index contributed by atoms with van der Waals surface area (Å²) >= 11 is 0. The lowest BCUT2D eigenvalue weighted by Gasteiger charge is -2.17. The molecular formula is C22H37N3O. The summed E-state index contributed by atoms with van der Waals surface area (Å²) in [5, 5.41) is 5.41. The van der Waals surface area contributed by atoms with E-state index in [4.69, 9.17) is 4.74 Å². The average Bonchev–Trinajstić information content (AvgIpc) is 3.01. The lowest BCUT2D eigenvalue weighted by atomic mass is 9.89. The van der Waals surface area contributed by atoms with E-state index in [2.05, 4.69) is 30.9 Å². The third-order valence-electron chi connectivity index (χ3n) is 4.87. The summed E-state index contributed by atoms with van der Waals surface area (Å²) in [5.41, 5.74) is 1.59. The molecule has 0 fully saturated rings. The van der Waals surface area contributed by atoms with E-state index in [1.54, 1.807) is 6.20 Å². The van der Waals surface area contributed by atoms with Crippen molar-refractivity contribution in [2.75, 3.05) is 6.61 Å². The zero-order valence-electron chi connectivity index (χ0n) is 17.0. The highest BCUT2D eigenvalue weighted by Gasteiger charge is 2.08. The first-order valence-electron chi connectivity index (χ1n) is 10.4. The Kier molecular flexibility index (Phi) is 9.10. The van der Waals surface area contributed by atoms with E-state index in [1.807, 2.05) is 23.1 Å². The van der Waals surface area contributed by atoms with Gasteiger partial charge in [-0.3, -0.25) is 4.98 Å². The van der Waals surface area contributed by atoms with E-state index in [9.17, 15) is 0 Å². The van der Waals surface area contributed by atoms with Crippen molar-refractivity contribution in [2.24, 2.45) is 5.41 Å². The van der Waals surface area contributed by atoms with Crippen LogP contribution in [-0.2, 0) is 11.5 Å². The molecule has 2 heterocycles. The molecule has 2 aromatic rings.